The number of alkyl halides is 2. The van der Waals surface area contributed by atoms with E-state index in [9.17, 15) is 9.59 Å². The summed E-state index contributed by atoms with van der Waals surface area (Å²) >= 11 is 11.0. The third kappa shape index (κ3) is 8.05. The van der Waals surface area contributed by atoms with Crippen LogP contribution in [0.3, 0.4) is 0 Å². The maximum Gasteiger partial charge on any atom is 0.243 e. The Balaban J connectivity index is 0.000000326. The van der Waals surface area contributed by atoms with Crippen LogP contribution in [0.1, 0.15) is 25.0 Å². The number of rotatable bonds is 8. The molecule has 1 N–H and O–H groups in total. The fraction of sp³-hybridized carbons (Fsp3) is 0.364. The summed E-state index contributed by atoms with van der Waals surface area (Å²) in [5.74, 6) is -0.355. The minimum atomic E-state index is -0.183. The molecular formula is C22H28Cl2N2O3. The van der Waals surface area contributed by atoms with E-state index < -0.39 is 0 Å². The van der Waals surface area contributed by atoms with Gasteiger partial charge in [-0.1, -0.05) is 50.2 Å². The molecule has 5 nitrogen and oxygen atoms in total. The summed E-state index contributed by atoms with van der Waals surface area (Å²) in [4.78, 5) is 24.3. The van der Waals surface area contributed by atoms with Gasteiger partial charge in [0.2, 0.25) is 11.8 Å². The normalized spacial score (nSPS) is 9.97. The molecule has 0 aromatic heterocycles. The van der Waals surface area contributed by atoms with E-state index >= 15 is 0 Å². The lowest BCUT2D eigenvalue weighted by Gasteiger charge is -2.26. The van der Waals surface area contributed by atoms with Crippen molar-refractivity contribution in [3.05, 3.63) is 59.7 Å². The lowest BCUT2D eigenvalue weighted by atomic mass is 10.0. The number of hydrogen-bond acceptors (Lipinski definition) is 3. The molecule has 0 saturated carbocycles. The highest BCUT2D eigenvalue weighted by atomic mass is 35.5. The van der Waals surface area contributed by atoms with Crippen molar-refractivity contribution in [2.75, 3.05) is 35.8 Å². The highest BCUT2D eigenvalue weighted by Gasteiger charge is 2.19. The van der Waals surface area contributed by atoms with Crippen LogP contribution in [0.25, 0.3) is 0 Å². The Bertz CT molecular complexity index is 748. The fourth-order valence-electron chi connectivity index (χ4n) is 2.74. The molecule has 0 saturated heterocycles. The van der Waals surface area contributed by atoms with Crippen LogP contribution in [0, 0.1) is 0 Å². The standard InChI is InChI=1S/C14H20ClNO2.C8H8ClNO/c1-4-11-7-6-8-12(5-2)14(11)16(10-18-3)13(17)9-15;9-6-8(11)10-7-4-2-1-3-5-7/h6-8H,4-5,9-10H2,1-3H3;1-5H,6H2,(H,10,11). The van der Waals surface area contributed by atoms with Gasteiger partial charge in [0.15, 0.2) is 0 Å². The Morgan fingerprint density at radius 3 is 1.97 bits per heavy atom. The molecule has 0 fully saturated rings. The van der Waals surface area contributed by atoms with Gasteiger partial charge in [-0.15, -0.1) is 23.2 Å². The molecule has 2 aromatic rings. The van der Waals surface area contributed by atoms with Gasteiger partial charge in [-0.3, -0.25) is 14.5 Å². The van der Waals surface area contributed by atoms with Gasteiger partial charge in [0, 0.05) is 12.8 Å². The number of carbonyl (C=O) groups is 2. The van der Waals surface area contributed by atoms with Crippen LogP contribution in [-0.4, -0.2) is 37.4 Å². The van der Waals surface area contributed by atoms with Crippen molar-refractivity contribution < 1.29 is 14.3 Å². The third-order valence-electron chi connectivity index (χ3n) is 4.09. The maximum absolute atomic E-state index is 12.0. The average molecular weight is 439 g/mol. The van der Waals surface area contributed by atoms with Crippen molar-refractivity contribution in [2.45, 2.75) is 26.7 Å². The van der Waals surface area contributed by atoms with Gasteiger partial charge >= 0.3 is 0 Å². The Labute approximate surface area is 182 Å². The molecule has 0 aliphatic rings. The second kappa shape index (κ2) is 14.0. The monoisotopic (exact) mass is 438 g/mol. The van der Waals surface area contributed by atoms with Crippen molar-refractivity contribution in [2.24, 2.45) is 0 Å². The molecular weight excluding hydrogens is 411 g/mol. The number of hydrogen-bond donors (Lipinski definition) is 1. The molecule has 0 bridgehead atoms. The van der Waals surface area contributed by atoms with Gasteiger partial charge in [0.05, 0.1) is 5.69 Å². The highest BCUT2D eigenvalue weighted by Crippen LogP contribution is 2.27. The Kier molecular flexibility index (Phi) is 12.0. The molecule has 0 radical (unpaired) electrons. The van der Waals surface area contributed by atoms with Gasteiger partial charge in [0.1, 0.15) is 18.5 Å². The predicted octanol–water partition coefficient (Wildman–Crippen LogP) is 4.85. The van der Waals surface area contributed by atoms with Crippen LogP contribution in [0.15, 0.2) is 48.5 Å². The van der Waals surface area contributed by atoms with Gasteiger partial charge in [-0.25, -0.2) is 0 Å². The van der Waals surface area contributed by atoms with E-state index in [2.05, 4.69) is 19.2 Å². The van der Waals surface area contributed by atoms with Gasteiger partial charge in [-0.2, -0.15) is 0 Å². The molecule has 2 rings (SSSR count). The van der Waals surface area contributed by atoms with Crippen molar-refractivity contribution in [1.82, 2.24) is 0 Å². The van der Waals surface area contributed by atoms with E-state index in [1.54, 1.807) is 12.0 Å². The largest absolute Gasteiger partial charge is 0.364 e. The zero-order chi connectivity index (χ0) is 21.6. The first kappa shape index (κ1) is 25.0. The zero-order valence-electron chi connectivity index (χ0n) is 17.1. The molecule has 29 heavy (non-hydrogen) atoms. The number of ether oxygens (including phenoxy) is 1. The van der Waals surface area contributed by atoms with Crippen LogP contribution in [-0.2, 0) is 27.2 Å². The molecule has 2 aromatic carbocycles. The van der Waals surface area contributed by atoms with Crippen molar-refractivity contribution >= 4 is 46.4 Å². The summed E-state index contributed by atoms with van der Waals surface area (Å²) in [5.41, 5.74) is 4.02. The van der Waals surface area contributed by atoms with Gasteiger partial charge in [0.25, 0.3) is 0 Å². The third-order valence-corrected chi connectivity index (χ3v) is 4.56. The number of methoxy groups -OCH3 is 1. The van der Waals surface area contributed by atoms with Crippen LogP contribution in [0.4, 0.5) is 11.4 Å². The quantitative estimate of drug-likeness (QED) is 0.473. The summed E-state index contributed by atoms with van der Waals surface area (Å²) in [6.07, 6.45) is 1.75. The minimum Gasteiger partial charge on any atom is -0.364 e. The zero-order valence-corrected chi connectivity index (χ0v) is 18.6. The average Bonchev–Trinajstić information content (AvgIpc) is 2.77. The smallest absolute Gasteiger partial charge is 0.243 e. The number of aryl methyl sites for hydroxylation is 2. The highest BCUT2D eigenvalue weighted by molar-refractivity contribution is 6.29. The SMILES string of the molecule is CCc1cccc(CC)c1N(COC)C(=O)CCl.O=C(CCl)Nc1ccccc1. The molecule has 0 heterocycles. The van der Waals surface area contributed by atoms with Crippen molar-refractivity contribution in [1.29, 1.82) is 0 Å². The number of halogens is 2. The maximum atomic E-state index is 12.0. The van der Waals surface area contributed by atoms with Gasteiger partial charge in [-0.05, 0) is 36.1 Å². The van der Waals surface area contributed by atoms with E-state index in [1.165, 1.54) is 0 Å². The van der Waals surface area contributed by atoms with E-state index in [1.807, 2.05) is 48.5 Å². The predicted molar refractivity (Wildman–Crippen MR) is 121 cm³/mol. The molecule has 2 amide bonds. The van der Waals surface area contributed by atoms with E-state index in [0.717, 1.165) is 35.3 Å². The Hall–Kier alpha value is -2.08. The summed E-state index contributed by atoms with van der Waals surface area (Å²) in [6, 6.07) is 15.3. The Morgan fingerprint density at radius 2 is 1.52 bits per heavy atom. The van der Waals surface area contributed by atoms with Crippen LogP contribution >= 0.6 is 23.2 Å². The molecule has 7 heteroatoms. The number of para-hydroxylation sites is 2. The molecule has 0 atom stereocenters. The van der Waals surface area contributed by atoms with E-state index in [-0.39, 0.29) is 30.3 Å². The summed E-state index contributed by atoms with van der Waals surface area (Å²) < 4.78 is 5.13. The summed E-state index contributed by atoms with van der Waals surface area (Å²) in [5, 5.41) is 2.62. The number of nitrogens with one attached hydrogen (secondary N) is 1. The first-order valence-electron chi connectivity index (χ1n) is 9.39. The van der Waals surface area contributed by atoms with Crippen molar-refractivity contribution in [3.63, 3.8) is 0 Å². The van der Waals surface area contributed by atoms with Crippen LogP contribution in [0.5, 0.6) is 0 Å². The number of benzene rings is 2. The molecule has 0 unspecified atom stereocenters. The van der Waals surface area contributed by atoms with Crippen LogP contribution < -0.4 is 10.2 Å². The summed E-state index contributed by atoms with van der Waals surface area (Å²) in [6.45, 7) is 4.39. The second-order valence-electron chi connectivity index (χ2n) is 6.05. The minimum absolute atomic E-state index is 0.00507. The number of amides is 2. The van der Waals surface area contributed by atoms with Crippen LogP contribution in [0.2, 0.25) is 0 Å². The first-order valence-corrected chi connectivity index (χ1v) is 10.5. The number of carbonyl (C=O) groups excluding carboxylic acids is 2. The number of nitrogens with zero attached hydrogens (tertiary/aromatic N) is 1. The molecule has 0 aliphatic heterocycles. The summed E-state index contributed by atoms with van der Waals surface area (Å²) in [7, 11) is 1.58. The second-order valence-corrected chi connectivity index (χ2v) is 6.59. The molecule has 0 spiro atoms. The van der Waals surface area contributed by atoms with Gasteiger partial charge < -0.3 is 10.1 Å². The van der Waals surface area contributed by atoms with E-state index in [0.29, 0.717) is 0 Å². The van der Waals surface area contributed by atoms with E-state index in [4.69, 9.17) is 27.9 Å². The van der Waals surface area contributed by atoms with Crippen molar-refractivity contribution in [3.8, 4) is 0 Å². The Morgan fingerprint density at radius 1 is 0.931 bits per heavy atom. The number of anilines is 2. The molecule has 0 aliphatic carbocycles. The first-order chi connectivity index (χ1) is 14.0. The topological polar surface area (TPSA) is 58.6 Å². The lowest BCUT2D eigenvalue weighted by molar-refractivity contribution is -0.117. The molecule has 158 valence electrons. The lowest BCUT2D eigenvalue weighted by Crippen LogP contribution is -2.35. The fourth-order valence-corrected chi connectivity index (χ4v) is 2.95.